The normalized spacial score (nSPS) is 15.3. The SMILES string of the molecule is Cl.Cl.O=[N+]([O-])c1ccccc1S(=O)(=O)NCCN1CCNCC1. The number of hydrogen-bond acceptors (Lipinski definition) is 6. The minimum atomic E-state index is -3.87. The van der Waals surface area contributed by atoms with Crippen LogP contribution < -0.4 is 10.0 Å². The van der Waals surface area contributed by atoms with Gasteiger partial charge in [-0.05, 0) is 6.07 Å². The van der Waals surface area contributed by atoms with Crippen LogP contribution >= 0.6 is 24.8 Å². The van der Waals surface area contributed by atoms with Crippen LogP contribution in [0.25, 0.3) is 0 Å². The van der Waals surface area contributed by atoms with Gasteiger partial charge in [-0.15, -0.1) is 24.8 Å². The highest BCUT2D eigenvalue weighted by Crippen LogP contribution is 2.22. The van der Waals surface area contributed by atoms with Crippen LogP contribution in [0.1, 0.15) is 0 Å². The molecule has 0 aliphatic carbocycles. The maximum absolute atomic E-state index is 12.2. The van der Waals surface area contributed by atoms with Crippen LogP contribution in [0.15, 0.2) is 29.2 Å². The van der Waals surface area contributed by atoms with E-state index in [4.69, 9.17) is 0 Å². The van der Waals surface area contributed by atoms with E-state index in [0.717, 1.165) is 26.2 Å². The molecule has 1 fully saturated rings. The molecule has 2 N–H and O–H groups in total. The molecule has 0 amide bonds. The topological polar surface area (TPSA) is 105 Å². The summed E-state index contributed by atoms with van der Waals surface area (Å²) in [6, 6.07) is 5.34. The van der Waals surface area contributed by atoms with Gasteiger partial charge in [0, 0.05) is 45.3 Å². The molecule has 1 aliphatic rings. The van der Waals surface area contributed by atoms with Crippen molar-refractivity contribution >= 4 is 40.5 Å². The van der Waals surface area contributed by atoms with Crippen molar-refractivity contribution in [1.29, 1.82) is 0 Å². The Bertz CT molecular complexity index is 609. The fourth-order valence-electron chi connectivity index (χ4n) is 2.19. The average molecular weight is 387 g/mol. The monoisotopic (exact) mass is 386 g/mol. The van der Waals surface area contributed by atoms with Gasteiger partial charge in [-0.3, -0.25) is 15.0 Å². The Hall–Kier alpha value is -0.970. The maximum Gasteiger partial charge on any atom is 0.289 e. The number of nitro benzene ring substituents is 1. The molecule has 1 aromatic rings. The zero-order chi connectivity index (χ0) is 15.3. The summed E-state index contributed by atoms with van der Waals surface area (Å²) in [5.41, 5.74) is -0.410. The van der Waals surface area contributed by atoms with Gasteiger partial charge in [0.1, 0.15) is 0 Å². The molecule has 23 heavy (non-hydrogen) atoms. The highest BCUT2D eigenvalue weighted by atomic mass is 35.5. The lowest BCUT2D eigenvalue weighted by Crippen LogP contribution is -2.46. The van der Waals surface area contributed by atoms with Gasteiger partial charge in [0.25, 0.3) is 5.69 Å². The van der Waals surface area contributed by atoms with Crippen LogP contribution in [-0.2, 0) is 10.0 Å². The first kappa shape index (κ1) is 22.0. The van der Waals surface area contributed by atoms with E-state index in [1.165, 1.54) is 24.3 Å². The van der Waals surface area contributed by atoms with E-state index in [1.54, 1.807) is 0 Å². The molecule has 1 saturated heterocycles. The molecular formula is C12H20Cl2N4O4S. The fraction of sp³-hybridized carbons (Fsp3) is 0.500. The average Bonchev–Trinajstić information content (AvgIpc) is 2.48. The van der Waals surface area contributed by atoms with Gasteiger partial charge in [-0.2, -0.15) is 0 Å². The second-order valence-corrected chi connectivity index (χ2v) is 6.45. The standard InChI is InChI=1S/C12H18N4O4S.2ClH/c17-16(18)11-3-1-2-4-12(11)21(19,20)14-7-10-15-8-5-13-6-9-15;;/h1-4,13-14H,5-10H2;2*1H. The van der Waals surface area contributed by atoms with Crippen molar-refractivity contribution in [2.45, 2.75) is 4.90 Å². The largest absolute Gasteiger partial charge is 0.314 e. The molecule has 0 saturated carbocycles. The number of nitrogens with zero attached hydrogens (tertiary/aromatic N) is 2. The van der Waals surface area contributed by atoms with Gasteiger partial charge in [-0.1, -0.05) is 12.1 Å². The molecule has 2 rings (SSSR count). The van der Waals surface area contributed by atoms with Crippen molar-refractivity contribution in [2.24, 2.45) is 0 Å². The van der Waals surface area contributed by atoms with Gasteiger partial charge in [0.2, 0.25) is 10.0 Å². The quantitative estimate of drug-likeness (QED) is 0.548. The smallest absolute Gasteiger partial charge is 0.289 e. The number of halogens is 2. The first-order valence-corrected chi connectivity index (χ1v) is 8.15. The van der Waals surface area contributed by atoms with E-state index in [-0.39, 0.29) is 36.3 Å². The van der Waals surface area contributed by atoms with Crippen molar-refractivity contribution in [1.82, 2.24) is 14.9 Å². The molecule has 0 aromatic heterocycles. The zero-order valence-corrected chi connectivity index (χ0v) is 14.8. The summed E-state index contributed by atoms with van der Waals surface area (Å²) in [6.07, 6.45) is 0. The first-order valence-electron chi connectivity index (χ1n) is 6.67. The molecule has 0 atom stereocenters. The molecule has 1 heterocycles. The van der Waals surface area contributed by atoms with Crippen LogP contribution in [0, 0.1) is 10.1 Å². The predicted octanol–water partition coefficient (Wildman–Crippen LogP) is 0.622. The highest BCUT2D eigenvalue weighted by Gasteiger charge is 2.24. The van der Waals surface area contributed by atoms with Crippen LogP contribution in [-0.4, -0.2) is 57.5 Å². The Morgan fingerprint density at radius 1 is 1.22 bits per heavy atom. The maximum atomic E-state index is 12.2. The summed E-state index contributed by atoms with van der Waals surface area (Å²) in [4.78, 5) is 12.0. The van der Waals surface area contributed by atoms with E-state index in [2.05, 4.69) is 14.9 Å². The summed E-state index contributed by atoms with van der Waals surface area (Å²) >= 11 is 0. The minimum Gasteiger partial charge on any atom is -0.314 e. The van der Waals surface area contributed by atoms with E-state index < -0.39 is 20.6 Å². The number of para-hydroxylation sites is 1. The summed E-state index contributed by atoms with van der Waals surface area (Å²) in [5, 5.41) is 14.1. The molecule has 11 heteroatoms. The number of piperazine rings is 1. The van der Waals surface area contributed by atoms with Gasteiger partial charge in [0.15, 0.2) is 4.90 Å². The van der Waals surface area contributed by atoms with Crippen LogP contribution in [0.4, 0.5) is 5.69 Å². The van der Waals surface area contributed by atoms with E-state index in [1.807, 2.05) is 0 Å². The molecule has 0 bridgehead atoms. The first-order chi connectivity index (χ1) is 10.0. The number of rotatable bonds is 6. The molecule has 0 radical (unpaired) electrons. The second kappa shape index (κ2) is 10.0. The highest BCUT2D eigenvalue weighted by molar-refractivity contribution is 7.89. The molecule has 0 unspecified atom stereocenters. The Morgan fingerprint density at radius 3 is 2.43 bits per heavy atom. The third kappa shape index (κ3) is 6.21. The molecular weight excluding hydrogens is 367 g/mol. The molecule has 0 spiro atoms. The predicted molar refractivity (Wildman–Crippen MR) is 92.1 cm³/mol. The summed E-state index contributed by atoms with van der Waals surface area (Å²) in [5.74, 6) is 0. The van der Waals surface area contributed by atoms with Crippen molar-refractivity contribution in [2.75, 3.05) is 39.3 Å². The Kier molecular flexibility index (Phi) is 9.59. The van der Waals surface area contributed by atoms with Crippen LogP contribution in [0.2, 0.25) is 0 Å². The molecule has 132 valence electrons. The summed E-state index contributed by atoms with van der Waals surface area (Å²) in [7, 11) is -3.87. The lowest BCUT2D eigenvalue weighted by Gasteiger charge is -2.27. The van der Waals surface area contributed by atoms with Crippen LogP contribution in [0.3, 0.4) is 0 Å². The lowest BCUT2D eigenvalue weighted by molar-refractivity contribution is -0.387. The molecule has 8 nitrogen and oxygen atoms in total. The van der Waals surface area contributed by atoms with E-state index in [0.29, 0.717) is 6.54 Å². The number of nitrogens with one attached hydrogen (secondary N) is 2. The number of hydrogen-bond donors (Lipinski definition) is 2. The molecule has 1 aromatic carbocycles. The zero-order valence-electron chi connectivity index (χ0n) is 12.3. The second-order valence-electron chi connectivity index (χ2n) is 4.71. The van der Waals surface area contributed by atoms with Gasteiger partial charge in [-0.25, -0.2) is 13.1 Å². The van der Waals surface area contributed by atoms with Crippen molar-refractivity contribution in [3.05, 3.63) is 34.4 Å². The Balaban J connectivity index is 0.00000242. The molecule has 1 aliphatic heterocycles. The van der Waals surface area contributed by atoms with E-state index >= 15 is 0 Å². The minimum absolute atomic E-state index is 0. The third-order valence-corrected chi connectivity index (χ3v) is 4.79. The Morgan fingerprint density at radius 2 is 1.83 bits per heavy atom. The van der Waals surface area contributed by atoms with Gasteiger partial charge >= 0.3 is 0 Å². The third-order valence-electron chi connectivity index (χ3n) is 3.28. The van der Waals surface area contributed by atoms with Gasteiger partial charge in [0.05, 0.1) is 4.92 Å². The van der Waals surface area contributed by atoms with Crippen molar-refractivity contribution in [3.8, 4) is 0 Å². The summed E-state index contributed by atoms with van der Waals surface area (Å²) in [6.45, 7) is 4.32. The number of benzene rings is 1. The van der Waals surface area contributed by atoms with Crippen LogP contribution in [0.5, 0.6) is 0 Å². The summed E-state index contributed by atoms with van der Waals surface area (Å²) < 4.78 is 26.7. The lowest BCUT2D eigenvalue weighted by atomic mass is 10.3. The van der Waals surface area contributed by atoms with Gasteiger partial charge < -0.3 is 5.32 Å². The van der Waals surface area contributed by atoms with E-state index in [9.17, 15) is 18.5 Å². The Labute approximate surface area is 147 Å². The van der Waals surface area contributed by atoms with Crippen molar-refractivity contribution < 1.29 is 13.3 Å². The van der Waals surface area contributed by atoms with Crippen molar-refractivity contribution in [3.63, 3.8) is 0 Å². The number of sulfonamides is 1. The fourth-order valence-corrected chi connectivity index (χ4v) is 3.38. The number of nitro groups is 1.